The molecule has 0 saturated carbocycles. The Balaban J connectivity index is 2.92. The van der Waals surface area contributed by atoms with Crippen LogP contribution in [0.4, 0.5) is 17.6 Å². The minimum Gasteiger partial charge on any atom is -0.361 e. The molecule has 1 rings (SSSR count). The van der Waals surface area contributed by atoms with Gasteiger partial charge in [-0.3, -0.25) is 9.59 Å². The van der Waals surface area contributed by atoms with Crippen molar-refractivity contribution in [1.29, 1.82) is 0 Å². The summed E-state index contributed by atoms with van der Waals surface area (Å²) >= 11 is 0. The van der Waals surface area contributed by atoms with Crippen LogP contribution in [0.3, 0.4) is 0 Å². The zero-order chi connectivity index (χ0) is 13.9. The van der Waals surface area contributed by atoms with Gasteiger partial charge in [-0.05, 0) is 6.07 Å². The van der Waals surface area contributed by atoms with E-state index in [4.69, 9.17) is 0 Å². The van der Waals surface area contributed by atoms with Crippen molar-refractivity contribution in [2.45, 2.75) is 12.7 Å². The lowest BCUT2D eigenvalue weighted by atomic mass is 10.1. The number of carbonyl (C=O) groups is 2. The Morgan fingerprint density at radius 2 is 1.89 bits per heavy atom. The summed E-state index contributed by atoms with van der Waals surface area (Å²) in [5, 5.41) is 1.90. The highest BCUT2D eigenvalue weighted by Gasteiger charge is 2.34. The Bertz CT molecular complexity index is 485. The molecule has 18 heavy (non-hydrogen) atoms. The number of primary amides is 1. The van der Waals surface area contributed by atoms with E-state index in [1.807, 2.05) is 5.32 Å². The number of rotatable bonds is 2. The van der Waals surface area contributed by atoms with Crippen LogP contribution in [0.15, 0.2) is 18.2 Å². The SMILES string of the molecule is NC(=O)C(=O)NCc1cccc(C(F)(F)F)c1F. The molecule has 0 atom stereocenters. The van der Waals surface area contributed by atoms with E-state index in [1.54, 1.807) is 0 Å². The first-order chi connectivity index (χ1) is 8.23. The molecule has 3 N–H and O–H groups in total. The molecule has 1 aromatic carbocycles. The van der Waals surface area contributed by atoms with Crippen LogP contribution in [0.25, 0.3) is 0 Å². The third-order valence-electron chi connectivity index (χ3n) is 2.05. The van der Waals surface area contributed by atoms with Crippen molar-refractivity contribution in [2.75, 3.05) is 0 Å². The maximum absolute atomic E-state index is 13.4. The van der Waals surface area contributed by atoms with Crippen LogP contribution in [-0.2, 0) is 22.3 Å². The molecule has 1 aromatic rings. The summed E-state index contributed by atoms with van der Waals surface area (Å²) < 4.78 is 50.5. The van der Waals surface area contributed by atoms with E-state index in [9.17, 15) is 27.2 Å². The zero-order valence-corrected chi connectivity index (χ0v) is 8.84. The smallest absolute Gasteiger partial charge is 0.361 e. The molecular formula is C10H8F4N2O2. The Hall–Kier alpha value is -2.12. The summed E-state index contributed by atoms with van der Waals surface area (Å²) in [4.78, 5) is 21.1. The van der Waals surface area contributed by atoms with Crippen LogP contribution in [0, 0.1) is 5.82 Å². The number of benzene rings is 1. The lowest BCUT2D eigenvalue weighted by Crippen LogP contribution is -2.35. The Morgan fingerprint density at radius 1 is 1.28 bits per heavy atom. The van der Waals surface area contributed by atoms with E-state index < -0.39 is 35.9 Å². The van der Waals surface area contributed by atoms with Crippen LogP contribution < -0.4 is 11.1 Å². The van der Waals surface area contributed by atoms with Gasteiger partial charge in [-0.2, -0.15) is 13.2 Å². The number of nitrogens with two attached hydrogens (primary N) is 1. The Labute approximate surface area is 98.8 Å². The molecule has 4 nitrogen and oxygen atoms in total. The van der Waals surface area contributed by atoms with Crippen LogP contribution >= 0.6 is 0 Å². The molecule has 0 aliphatic carbocycles. The number of hydrogen-bond donors (Lipinski definition) is 2. The fourth-order valence-electron chi connectivity index (χ4n) is 1.20. The predicted octanol–water partition coefficient (Wildman–Crippen LogP) is 0.946. The number of nitrogens with one attached hydrogen (secondary N) is 1. The van der Waals surface area contributed by atoms with E-state index in [-0.39, 0.29) is 5.56 Å². The molecule has 0 saturated heterocycles. The fraction of sp³-hybridized carbons (Fsp3) is 0.200. The first kappa shape index (κ1) is 13.9. The predicted molar refractivity (Wildman–Crippen MR) is 52.4 cm³/mol. The summed E-state index contributed by atoms with van der Waals surface area (Å²) in [5.41, 5.74) is 2.79. The molecule has 2 amide bonds. The van der Waals surface area contributed by atoms with E-state index in [0.29, 0.717) is 6.07 Å². The van der Waals surface area contributed by atoms with Gasteiger partial charge in [-0.25, -0.2) is 4.39 Å². The average Bonchev–Trinajstić information content (AvgIpc) is 2.25. The molecule has 0 radical (unpaired) electrons. The van der Waals surface area contributed by atoms with Crippen LogP contribution in [-0.4, -0.2) is 11.8 Å². The third-order valence-corrected chi connectivity index (χ3v) is 2.05. The van der Waals surface area contributed by atoms with Gasteiger partial charge in [-0.1, -0.05) is 12.1 Å². The molecule has 0 heterocycles. The Morgan fingerprint density at radius 3 is 2.39 bits per heavy atom. The second-order valence-electron chi connectivity index (χ2n) is 3.32. The van der Waals surface area contributed by atoms with Crippen LogP contribution in [0.1, 0.15) is 11.1 Å². The fourth-order valence-corrected chi connectivity index (χ4v) is 1.20. The van der Waals surface area contributed by atoms with Crippen LogP contribution in [0.5, 0.6) is 0 Å². The number of halogens is 4. The van der Waals surface area contributed by atoms with E-state index in [2.05, 4.69) is 5.73 Å². The molecule has 0 unspecified atom stereocenters. The summed E-state index contributed by atoms with van der Waals surface area (Å²) in [6.07, 6.45) is -4.83. The zero-order valence-electron chi connectivity index (χ0n) is 8.84. The first-order valence-corrected chi connectivity index (χ1v) is 4.65. The molecule has 0 aromatic heterocycles. The second-order valence-corrected chi connectivity index (χ2v) is 3.32. The summed E-state index contributed by atoms with van der Waals surface area (Å²) in [7, 11) is 0. The third kappa shape index (κ3) is 3.19. The minimum absolute atomic E-state index is 0.389. The van der Waals surface area contributed by atoms with Gasteiger partial charge in [0.1, 0.15) is 5.82 Å². The maximum atomic E-state index is 13.4. The second kappa shape index (κ2) is 5.03. The maximum Gasteiger partial charge on any atom is 0.419 e. The number of alkyl halides is 3. The van der Waals surface area contributed by atoms with Crippen molar-refractivity contribution < 1.29 is 27.2 Å². The van der Waals surface area contributed by atoms with Crippen molar-refractivity contribution in [3.05, 3.63) is 35.1 Å². The number of carbonyl (C=O) groups excluding carboxylic acids is 2. The quantitative estimate of drug-likeness (QED) is 0.616. The molecule has 0 fully saturated rings. The van der Waals surface area contributed by atoms with Crippen LogP contribution in [0.2, 0.25) is 0 Å². The average molecular weight is 264 g/mol. The summed E-state index contributed by atoms with van der Waals surface area (Å²) in [6, 6.07) is 2.64. The highest BCUT2D eigenvalue weighted by atomic mass is 19.4. The van der Waals surface area contributed by atoms with Crippen molar-refractivity contribution in [3.8, 4) is 0 Å². The van der Waals surface area contributed by atoms with Crippen molar-refractivity contribution in [2.24, 2.45) is 5.73 Å². The number of hydrogen-bond acceptors (Lipinski definition) is 2. The number of amides is 2. The van der Waals surface area contributed by atoms with Gasteiger partial charge in [0, 0.05) is 12.1 Å². The highest BCUT2D eigenvalue weighted by Crippen LogP contribution is 2.32. The van der Waals surface area contributed by atoms with Gasteiger partial charge >= 0.3 is 18.0 Å². The summed E-state index contributed by atoms with van der Waals surface area (Å²) in [5.74, 6) is -4.00. The van der Waals surface area contributed by atoms with Gasteiger partial charge in [0.05, 0.1) is 5.56 Å². The van der Waals surface area contributed by atoms with Gasteiger partial charge in [-0.15, -0.1) is 0 Å². The van der Waals surface area contributed by atoms with Gasteiger partial charge in [0.2, 0.25) is 0 Å². The normalized spacial score (nSPS) is 11.1. The molecule has 0 aliphatic rings. The van der Waals surface area contributed by atoms with Gasteiger partial charge in [0.15, 0.2) is 0 Å². The molecule has 8 heteroatoms. The molecule has 98 valence electrons. The first-order valence-electron chi connectivity index (χ1n) is 4.65. The van der Waals surface area contributed by atoms with Crippen molar-refractivity contribution in [3.63, 3.8) is 0 Å². The van der Waals surface area contributed by atoms with E-state index in [0.717, 1.165) is 12.1 Å². The topological polar surface area (TPSA) is 72.2 Å². The molecule has 0 aliphatic heterocycles. The standard InChI is InChI=1S/C10H8F4N2O2/c11-7-5(4-16-9(18)8(15)17)2-1-3-6(7)10(12,13)14/h1-3H,4H2,(H2,15,17)(H,16,18). The van der Waals surface area contributed by atoms with E-state index >= 15 is 0 Å². The summed E-state index contributed by atoms with van der Waals surface area (Å²) in [6.45, 7) is -0.558. The largest absolute Gasteiger partial charge is 0.419 e. The monoisotopic (exact) mass is 264 g/mol. The highest BCUT2D eigenvalue weighted by molar-refractivity contribution is 6.34. The Kier molecular flexibility index (Phi) is 3.89. The molecule has 0 spiro atoms. The van der Waals surface area contributed by atoms with Crippen molar-refractivity contribution in [1.82, 2.24) is 5.32 Å². The lowest BCUT2D eigenvalue weighted by Gasteiger charge is -2.11. The molecular weight excluding hydrogens is 256 g/mol. The van der Waals surface area contributed by atoms with Gasteiger partial charge in [0.25, 0.3) is 0 Å². The van der Waals surface area contributed by atoms with E-state index in [1.165, 1.54) is 0 Å². The molecule has 0 bridgehead atoms. The minimum atomic E-state index is -4.83. The van der Waals surface area contributed by atoms with Gasteiger partial charge < -0.3 is 11.1 Å². The van der Waals surface area contributed by atoms with Crippen molar-refractivity contribution >= 4 is 11.8 Å². The lowest BCUT2D eigenvalue weighted by molar-refractivity contribution is -0.140.